The van der Waals surface area contributed by atoms with Crippen molar-refractivity contribution in [2.24, 2.45) is 5.73 Å². The van der Waals surface area contributed by atoms with Crippen LogP contribution < -0.4 is 11.1 Å². The third-order valence-corrected chi connectivity index (χ3v) is 1.42. The maximum Gasteiger partial charge on any atom is 0.286 e. The van der Waals surface area contributed by atoms with Crippen molar-refractivity contribution in [3.63, 3.8) is 0 Å². The minimum Gasteiger partial charge on any atom is -0.455 e. The lowest BCUT2D eigenvalue weighted by molar-refractivity contribution is 0.0926. The number of hydrogen-bond donors (Lipinski definition) is 2. The molecule has 3 N–H and O–H groups in total. The van der Waals surface area contributed by atoms with Gasteiger partial charge in [0.05, 0.1) is 6.54 Å². The zero-order valence-electron chi connectivity index (χ0n) is 6.96. The molecule has 1 rings (SSSR count). The van der Waals surface area contributed by atoms with E-state index in [1.165, 1.54) is 0 Å². The van der Waals surface area contributed by atoms with Gasteiger partial charge in [0.25, 0.3) is 5.91 Å². The lowest BCUT2D eigenvalue weighted by atomic mass is 10.4. The highest BCUT2D eigenvalue weighted by molar-refractivity contribution is 5.91. The van der Waals surface area contributed by atoms with Crippen molar-refractivity contribution < 1.29 is 9.21 Å². The van der Waals surface area contributed by atoms with E-state index in [1.54, 1.807) is 12.1 Å². The van der Waals surface area contributed by atoms with Crippen LogP contribution in [0.3, 0.4) is 0 Å². The fraction of sp³-hybridized carbons (Fsp3) is 0.375. The van der Waals surface area contributed by atoms with Crippen LogP contribution in [0.2, 0.25) is 0 Å². The summed E-state index contributed by atoms with van der Waals surface area (Å²) in [5.74, 6) is 0.741. The van der Waals surface area contributed by atoms with E-state index in [2.05, 4.69) is 5.32 Å². The molecule has 1 heterocycles. The molecule has 0 radical (unpaired) electrons. The average molecular weight is 168 g/mol. The van der Waals surface area contributed by atoms with Gasteiger partial charge in [-0.25, -0.2) is 0 Å². The number of carbonyl (C=O) groups excluding carboxylic acids is 1. The van der Waals surface area contributed by atoms with E-state index >= 15 is 0 Å². The Kier molecular flexibility index (Phi) is 2.88. The normalized spacial score (nSPS) is 9.83. The van der Waals surface area contributed by atoms with Crippen LogP contribution in [-0.2, 0) is 6.54 Å². The predicted octanol–water partition coefficient (Wildman–Crippen LogP) is 0.488. The summed E-state index contributed by atoms with van der Waals surface area (Å²) in [6.07, 6.45) is 0. The van der Waals surface area contributed by atoms with Gasteiger partial charge in [0.2, 0.25) is 0 Å². The molecule has 0 aliphatic rings. The number of nitrogens with two attached hydrogens (primary N) is 1. The smallest absolute Gasteiger partial charge is 0.286 e. The molecule has 0 aliphatic heterocycles. The molecule has 0 aliphatic carbocycles. The van der Waals surface area contributed by atoms with Crippen molar-refractivity contribution in [3.05, 3.63) is 23.7 Å². The van der Waals surface area contributed by atoms with Crippen LogP contribution in [0.1, 0.15) is 23.2 Å². The summed E-state index contributed by atoms with van der Waals surface area (Å²) >= 11 is 0. The van der Waals surface area contributed by atoms with E-state index in [9.17, 15) is 4.79 Å². The second-order valence-corrected chi connectivity index (χ2v) is 2.33. The van der Waals surface area contributed by atoms with Gasteiger partial charge in [0.15, 0.2) is 5.76 Å². The quantitative estimate of drug-likeness (QED) is 0.690. The molecule has 0 saturated carbocycles. The van der Waals surface area contributed by atoms with Crippen LogP contribution in [0, 0.1) is 0 Å². The highest BCUT2D eigenvalue weighted by Gasteiger charge is 2.08. The first-order chi connectivity index (χ1) is 5.77. The van der Waals surface area contributed by atoms with Crippen molar-refractivity contribution in [2.45, 2.75) is 13.5 Å². The van der Waals surface area contributed by atoms with E-state index < -0.39 is 0 Å². The lowest BCUT2D eigenvalue weighted by Gasteiger charge is -1.96. The Morgan fingerprint density at radius 1 is 1.67 bits per heavy atom. The van der Waals surface area contributed by atoms with Gasteiger partial charge in [0.1, 0.15) is 5.76 Å². The molecule has 0 aromatic carbocycles. The molecule has 0 spiro atoms. The van der Waals surface area contributed by atoms with Crippen LogP contribution in [0.4, 0.5) is 0 Å². The van der Waals surface area contributed by atoms with Crippen LogP contribution in [0.15, 0.2) is 16.5 Å². The Hall–Kier alpha value is -1.29. The summed E-state index contributed by atoms with van der Waals surface area (Å²) < 4.78 is 5.11. The highest BCUT2D eigenvalue weighted by Crippen LogP contribution is 2.06. The summed E-state index contributed by atoms with van der Waals surface area (Å²) in [5.41, 5.74) is 5.31. The van der Waals surface area contributed by atoms with Crippen molar-refractivity contribution in [3.8, 4) is 0 Å². The Morgan fingerprint density at radius 2 is 2.42 bits per heavy atom. The molecule has 1 aromatic heterocycles. The predicted molar refractivity (Wildman–Crippen MR) is 44.6 cm³/mol. The minimum atomic E-state index is -0.197. The SMILES string of the molecule is CCNC(=O)c1ccc(CN)o1. The largest absolute Gasteiger partial charge is 0.455 e. The van der Waals surface area contributed by atoms with E-state index in [1.807, 2.05) is 6.92 Å². The van der Waals surface area contributed by atoms with E-state index in [0.29, 0.717) is 24.6 Å². The maximum atomic E-state index is 11.1. The first-order valence-electron chi connectivity index (χ1n) is 3.85. The van der Waals surface area contributed by atoms with Crippen LogP contribution >= 0.6 is 0 Å². The average Bonchev–Trinajstić information content (AvgIpc) is 2.52. The Labute approximate surface area is 70.7 Å². The summed E-state index contributed by atoms with van der Waals surface area (Å²) in [6.45, 7) is 2.77. The molecule has 0 fully saturated rings. The van der Waals surface area contributed by atoms with Gasteiger partial charge in [-0.15, -0.1) is 0 Å². The summed E-state index contributed by atoms with van der Waals surface area (Å²) in [7, 11) is 0. The summed E-state index contributed by atoms with van der Waals surface area (Å²) in [4.78, 5) is 11.1. The monoisotopic (exact) mass is 168 g/mol. The molecule has 0 saturated heterocycles. The number of carbonyl (C=O) groups is 1. The standard InChI is InChI=1S/C8H12N2O2/c1-2-10-8(11)7-4-3-6(5-9)12-7/h3-4H,2,5,9H2,1H3,(H,10,11). The van der Waals surface area contributed by atoms with Gasteiger partial charge < -0.3 is 15.5 Å². The van der Waals surface area contributed by atoms with Crippen molar-refractivity contribution in [1.82, 2.24) is 5.32 Å². The molecule has 1 amide bonds. The molecule has 0 unspecified atom stereocenters. The number of hydrogen-bond acceptors (Lipinski definition) is 3. The van der Waals surface area contributed by atoms with Crippen molar-refractivity contribution >= 4 is 5.91 Å². The third kappa shape index (κ3) is 1.85. The summed E-state index contributed by atoms with van der Waals surface area (Å²) in [5, 5.41) is 2.63. The molecular weight excluding hydrogens is 156 g/mol. The first kappa shape index (κ1) is 8.80. The number of nitrogens with one attached hydrogen (secondary N) is 1. The fourth-order valence-electron chi connectivity index (χ4n) is 0.857. The molecule has 1 aromatic rings. The van der Waals surface area contributed by atoms with E-state index in [-0.39, 0.29) is 5.91 Å². The molecule has 12 heavy (non-hydrogen) atoms. The number of rotatable bonds is 3. The Balaban J connectivity index is 2.68. The lowest BCUT2D eigenvalue weighted by Crippen LogP contribution is -2.21. The van der Waals surface area contributed by atoms with Gasteiger partial charge in [0, 0.05) is 6.54 Å². The Morgan fingerprint density at radius 3 is 2.92 bits per heavy atom. The van der Waals surface area contributed by atoms with Gasteiger partial charge in [-0.1, -0.05) is 0 Å². The zero-order chi connectivity index (χ0) is 8.97. The first-order valence-corrected chi connectivity index (χ1v) is 3.85. The van der Waals surface area contributed by atoms with Crippen molar-refractivity contribution in [1.29, 1.82) is 0 Å². The molecule has 4 heteroatoms. The van der Waals surface area contributed by atoms with Crippen molar-refractivity contribution in [2.75, 3.05) is 6.54 Å². The molecule has 4 nitrogen and oxygen atoms in total. The molecule has 0 atom stereocenters. The molecular formula is C8H12N2O2. The van der Waals surface area contributed by atoms with Gasteiger partial charge in [-0.05, 0) is 19.1 Å². The van der Waals surface area contributed by atoms with Crippen LogP contribution in [0.5, 0.6) is 0 Å². The second-order valence-electron chi connectivity index (χ2n) is 2.33. The van der Waals surface area contributed by atoms with Crippen LogP contribution in [-0.4, -0.2) is 12.5 Å². The van der Waals surface area contributed by atoms with E-state index in [4.69, 9.17) is 10.2 Å². The molecule has 0 bridgehead atoms. The second kappa shape index (κ2) is 3.92. The number of amides is 1. The maximum absolute atomic E-state index is 11.1. The minimum absolute atomic E-state index is 0.197. The van der Waals surface area contributed by atoms with Gasteiger partial charge in [-0.2, -0.15) is 0 Å². The van der Waals surface area contributed by atoms with E-state index in [0.717, 1.165) is 0 Å². The topological polar surface area (TPSA) is 68.3 Å². The summed E-state index contributed by atoms with van der Waals surface area (Å²) in [6, 6.07) is 3.32. The highest BCUT2D eigenvalue weighted by atomic mass is 16.4. The zero-order valence-corrected chi connectivity index (χ0v) is 6.96. The third-order valence-electron chi connectivity index (χ3n) is 1.42. The Bertz CT molecular complexity index is 268. The number of furan rings is 1. The van der Waals surface area contributed by atoms with Gasteiger partial charge in [-0.3, -0.25) is 4.79 Å². The molecule has 66 valence electrons. The fourth-order valence-corrected chi connectivity index (χ4v) is 0.857. The van der Waals surface area contributed by atoms with Gasteiger partial charge >= 0.3 is 0 Å². The van der Waals surface area contributed by atoms with Crippen LogP contribution in [0.25, 0.3) is 0 Å².